The van der Waals surface area contributed by atoms with E-state index in [0.29, 0.717) is 6.61 Å². The molecule has 10 nitrogen and oxygen atoms in total. The van der Waals surface area contributed by atoms with Gasteiger partial charge in [0, 0.05) is 27.7 Å². The Morgan fingerprint density at radius 2 is 1.25 bits per heavy atom. The highest BCUT2D eigenvalue weighted by Crippen LogP contribution is 2.30. The van der Waals surface area contributed by atoms with E-state index in [0.717, 1.165) is 25.7 Å². The molecule has 5 atom stereocenters. The van der Waals surface area contributed by atoms with E-state index in [2.05, 4.69) is 13.8 Å². The summed E-state index contributed by atoms with van der Waals surface area (Å²) in [6.07, 6.45) is -1.85. The smallest absolute Gasteiger partial charge is 0.303 e. The van der Waals surface area contributed by atoms with Crippen molar-refractivity contribution in [1.82, 2.24) is 0 Å². The molecule has 1 saturated heterocycles. The fourth-order valence-corrected chi connectivity index (χ4v) is 3.68. The van der Waals surface area contributed by atoms with Crippen LogP contribution in [-0.2, 0) is 47.6 Å². The summed E-state index contributed by atoms with van der Waals surface area (Å²) in [4.78, 5) is 46.7. The first-order valence-corrected chi connectivity index (χ1v) is 11.0. The summed E-state index contributed by atoms with van der Waals surface area (Å²) in [5.41, 5.74) is 0. The van der Waals surface area contributed by atoms with Crippen LogP contribution in [0.3, 0.4) is 0 Å². The molecular weight excluding hydrogens is 424 g/mol. The molecule has 184 valence electrons. The molecule has 0 saturated carbocycles. The average molecular weight is 461 g/mol. The van der Waals surface area contributed by atoms with E-state index >= 15 is 0 Å². The van der Waals surface area contributed by atoms with E-state index in [9.17, 15) is 19.2 Å². The van der Waals surface area contributed by atoms with Gasteiger partial charge in [0.25, 0.3) is 0 Å². The highest BCUT2D eigenvalue weighted by molar-refractivity contribution is 5.68. The summed E-state index contributed by atoms with van der Waals surface area (Å²) >= 11 is 0. The van der Waals surface area contributed by atoms with Crippen LogP contribution >= 0.6 is 0 Å². The molecule has 1 rings (SSSR count). The Balaban J connectivity index is 3.24. The summed E-state index contributed by atoms with van der Waals surface area (Å²) in [7, 11) is 0. The molecule has 0 unspecified atom stereocenters. The molecule has 0 radical (unpaired) electrons. The normalized spacial score (nSPS) is 25.2. The van der Waals surface area contributed by atoms with Gasteiger partial charge in [-0.1, -0.05) is 26.7 Å². The molecule has 1 fully saturated rings. The van der Waals surface area contributed by atoms with Crippen molar-refractivity contribution >= 4 is 23.9 Å². The summed E-state index contributed by atoms with van der Waals surface area (Å²) in [5.74, 6) is -2.30. The molecule has 0 aromatic rings. The molecular formula is C22H36O10. The Morgan fingerprint density at radius 1 is 0.750 bits per heavy atom. The second-order valence-corrected chi connectivity index (χ2v) is 7.84. The third-order valence-corrected chi connectivity index (χ3v) is 4.84. The van der Waals surface area contributed by atoms with E-state index in [4.69, 9.17) is 28.4 Å². The highest BCUT2D eigenvalue weighted by atomic mass is 16.7. The molecule has 0 N–H and O–H groups in total. The minimum Gasteiger partial charge on any atom is -0.463 e. The number of hydrogen-bond acceptors (Lipinski definition) is 10. The molecule has 1 aliphatic heterocycles. The Bertz CT molecular complexity index is 628. The predicted octanol–water partition coefficient (Wildman–Crippen LogP) is 2.30. The SMILES string of the molecule is CCCC(CCC)CO[C@@H]1O[C@H](COC(C)=O)[C@H](OC(C)=O)[C@H](OC(C)=O)[C@H]1OC(C)=O. The van der Waals surface area contributed by atoms with Crippen LogP contribution in [0.4, 0.5) is 0 Å². The number of carbonyl (C=O) groups excluding carboxylic acids is 4. The van der Waals surface area contributed by atoms with Crippen LogP contribution in [0.15, 0.2) is 0 Å². The molecule has 0 aromatic heterocycles. The third-order valence-electron chi connectivity index (χ3n) is 4.84. The fraction of sp³-hybridized carbons (Fsp3) is 0.818. The van der Waals surface area contributed by atoms with Gasteiger partial charge in [0.2, 0.25) is 0 Å². The van der Waals surface area contributed by atoms with E-state index < -0.39 is 54.6 Å². The third kappa shape index (κ3) is 9.52. The van der Waals surface area contributed by atoms with Gasteiger partial charge in [0.1, 0.15) is 12.7 Å². The van der Waals surface area contributed by atoms with Crippen LogP contribution in [0.5, 0.6) is 0 Å². The van der Waals surface area contributed by atoms with Gasteiger partial charge in [-0.05, 0) is 18.8 Å². The zero-order valence-corrected chi connectivity index (χ0v) is 19.8. The van der Waals surface area contributed by atoms with E-state index in [1.54, 1.807) is 0 Å². The Hall–Kier alpha value is -2.20. The minimum absolute atomic E-state index is 0.261. The van der Waals surface area contributed by atoms with Crippen LogP contribution in [0.1, 0.15) is 67.2 Å². The largest absolute Gasteiger partial charge is 0.463 e. The second-order valence-electron chi connectivity index (χ2n) is 7.84. The maximum Gasteiger partial charge on any atom is 0.303 e. The first-order valence-electron chi connectivity index (χ1n) is 11.0. The Labute approximate surface area is 189 Å². The van der Waals surface area contributed by atoms with Crippen molar-refractivity contribution < 1.29 is 47.6 Å². The van der Waals surface area contributed by atoms with Gasteiger partial charge >= 0.3 is 23.9 Å². The molecule has 0 spiro atoms. The van der Waals surface area contributed by atoms with Crippen LogP contribution < -0.4 is 0 Å². The maximum absolute atomic E-state index is 11.8. The lowest BCUT2D eigenvalue weighted by atomic mass is 9.97. The van der Waals surface area contributed by atoms with Gasteiger partial charge in [-0.3, -0.25) is 19.2 Å². The summed E-state index contributed by atoms with van der Waals surface area (Å²) in [5, 5.41) is 0. The zero-order chi connectivity index (χ0) is 24.3. The van der Waals surface area contributed by atoms with Gasteiger partial charge in [-0.15, -0.1) is 0 Å². The van der Waals surface area contributed by atoms with Gasteiger partial charge in [0.15, 0.2) is 24.6 Å². The van der Waals surface area contributed by atoms with Gasteiger partial charge in [-0.2, -0.15) is 0 Å². The number of carbonyl (C=O) groups is 4. The molecule has 0 aliphatic carbocycles. The van der Waals surface area contributed by atoms with E-state index in [-0.39, 0.29) is 12.5 Å². The number of ether oxygens (including phenoxy) is 6. The molecule has 1 aliphatic rings. The lowest BCUT2D eigenvalue weighted by Gasteiger charge is -2.44. The summed E-state index contributed by atoms with van der Waals surface area (Å²) in [6, 6.07) is 0. The van der Waals surface area contributed by atoms with Crippen molar-refractivity contribution in [2.75, 3.05) is 13.2 Å². The zero-order valence-electron chi connectivity index (χ0n) is 19.8. The van der Waals surface area contributed by atoms with E-state index in [1.165, 1.54) is 27.7 Å². The highest BCUT2D eigenvalue weighted by Gasteiger charge is 2.52. The molecule has 0 amide bonds. The topological polar surface area (TPSA) is 124 Å². The van der Waals surface area contributed by atoms with Gasteiger partial charge < -0.3 is 28.4 Å². The summed E-state index contributed by atoms with van der Waals surface area (Å²) in [6.45, 7) is 9.00. The van der Waals surface area contributed by atoms with Crippen molar-refractivity contribution in [3.8, 4) is 0 Å². The molecule has 0 aromatic carbocycles. The predicted molar refractivity (Wildman–Crippen MR) is 111 cm³/mol. The van der Waals surface area contributed by atoms with Gasteiger partial charge in [-0.25, -0.2) is 0 Å². The van der Waals surface area contributed by atoms with Crippen molar-refractivity contribution in [2.24, 2.45) is 5.92 Å². The molecule has 32 heavy (non-hydrogen) atoms. The van der Waals surface area contributed by atoms with Crippen LogP contribution in [0.2, 0.25) is 0 Å². The fourth-order valence-electron chi connectivity index (χ4n) is 3.68. The lowest BCUT2D eigenvalue weighted by molar-refractivity contribution is -0.310. The molecule has 10 heteroatoms. The monoisotopic (exact) mass is 460 g/mol. The maximum atomic E-state index is 11.8. The van der Waals surface area contributed by atoms with Crippen molar-refractivity contribution in [3.05, 3.63) is 0 Å². The lowest BCUT2D eigenvalue weighted by Crippen LogP contribution is -2.63. The van der Waals surface area contributed by atoms with E-state index in [1.807, 2.05) is 0 Å². The minimum atomic E-state index is -1.21. The number of esters is 4. The number of rotatable bonds is 12. The molecule has 1 heterocycles. The average Bonchev–Trinajstić information content (AvgIpc) is 2.67. The standard InChI is InChI=1S/C22H36O10/c1-7-9-17(10-8-2)11-28-22-21(31-16(6)26)20(30-15(5)25)19(29-14(4)24)18(32-22)12-27-13(3)23/h17-22H,7-12H2,1-6H3/t18-,19+,20+,21-,22-/m1/s1. The Kier molecular flexibility index (Phi) is 12.2. The second kappa shape index (κ2) is 14.1. The quantitative estimate of drug-likeness (QED) is 0.316. The van der Waals surface area contributed by atoms with Crippen molar-refractivity contribution in [3.63, 3.8) is 0 Å². The van der Waals surface area contributed by atoms with Crippen LogP contribution in [0, 0.1) is 5.92 Å². The molecule has 0 bridgehead atoms. The van der Waals surface area contributed by atoms with Crippen LogP contribution in [-0.4, -0.2) is 67.8 Å². The summed E-state index contributed by atoms with van der Waals surface area (Å²) < 4.78 is 33.1. The van der Waals surface area contributed by atoms with Crippen molar-refractivity contribution in [1.29, 1.82) is 0 Å². The first-order chi connectivity index (χ1) is 15.1. The van der Waals surface area contributed by atoms with Crippen LogP contribution in [0.25, 0.3) is 0 Å². The van der Waals surface area contributed by atoms with Crippen molar-refractivity contribution in [2.45, 2.75) is 97.9 Å². The Morgan fingerprint density at radius 3 is 1.72 bits per heavy atom. The number of hydrogen-bond donors (Lipinski definition) is 0. The first kappa shape index (κ1) is 27.8. The van der Waals surface area contributed by atoms with Gasteiger partial charge in [0.05, 0.1) is 6.61 Å².